The van der Waals surface area contributed by atoms with Crippen molar-refractivity contribution in [2.75, 3.05) is 7.05 Å². The van der Waals surface area contributed by atoms with Gasteiger partial charge in [-0.05, 0) is 6.08 Å². The summed E-state index contributed by atoms with van der Waals surface area (Å²) in [6.07, 6.45) is -2.33. The molecule has 0 aromatic heterocycles. The maximum absolute atomic E-state index is 12.3. The number of ketones is 1. The summed E-state index contributed by atoms with van der Waals surface area (Å²) >= 11 is 0. The summed E-state index contributed by atoms with van der Waals surface area (Å²) in [6.45, 7) is 1.26. The van der Waals surface area contributed by atoms with E-state index in [0.29, 0.717) is 0 Å². The lowest BCUT2D eigenvalue weighted by molar-refractivity contribution is -0.125. The van der Waals surface area contributed by atoms with Crippen LogP contribution in [-0.4, -0.2) is 19.0 Å². The van der Waals surface area contributed by atoms with Gasteiger partial charge in [-0.3, -0.25) is 4.79 Å². The Hall–Kier alpha value is -1.26. The minimum atomic E-state index is -4.43. The Morgan fingerprint density at radius 3 is 2.36 bits per heavy atom. The SMILES string of the molecule is CNC1=CC=C(C(F)(F)F)C(C)C1=O. The zero-order valence-corrected chi connectivity index (χ0v) is 7.77. The molecule has 0 aromatic rings. The lowest BCUT2D eigenvalue weighted by atomic mass is 9.90. The van der Waals surface area contributed by atoms with Crippen molar-refractivity contribution in [1.82, 2.24) is 5.32 Å². The average molecular weight is 205 g/mol. The second kappa shape index (κ2) is 3.48. The van der Waals surface area contributed by atoms with Gasteiger partial charge in [0.05, 0.1) is 11.6 Å². The smallest absolute Gasteiger partial charge is 0.385 e. The second-order valence-corrected chi connectivity index (χ2v) is 3.04. The summed E-state index contributed by atoms with van der Waals surface area (Å²) in [4.78, 5) is 11.3. The van der Waals surface area contributed by atoms with E-state index in [2.05, 4.69) is 5.32 Å². The zero-order valence-electron chi connectivity index (χ0n) is 7.77. The van der Waals surface area contributed by atoms with Crippen molar-refractivity contribution in [2.24, 2.45) is 5.92 Å². The monoisotopic (exact) mass is 205 g/mol. The Morgan fingerprint density at radius 1 is 1.36 bits per heavy atom. The molecule has 2 nitrogen and oxygen atoms in total. The molecule has 0 heterocycles. The first-order valence-corrected chi connectivity index (χ1v) is 4.09. The van der Waals surface area contributed by atoms with Gasteiger partial charge in [0.1, 0.15) is 0 Å². The van der Waals surface area contributed by atoms with Crippen LogP contribution in [0.15, 0.2) is 23.4 Å². The molecule has 0 fully saturated rings. The maximum Gasteiger partial charge on any atom is 0.413 e. The van der Waals surface area contributed by atoms with E-state index in [0.717, 1.165) is 12.2 Å². The van der Waals surface area contributed by atoms with E-state index >= 15 is 0 Å². The number of rotatable bonds is 1. The first-order valence-electron chi connectivity index (χ1n) is 4.09. The minimum absolute atomic E-state index is 0.213. The molecule has 1 aliphatic carbocycles. The van der Waals surface area contributed by atoms with E-state index in [1.165, 1.54) is 14.0 Å². The lowest BCUT2D eigenvalue weighted by Gasteiger charge is -2.21. The van der Waals surface area contributed by atoms with Crippen molar-refractivity contribution in [2.45, 2.75) is 13.1 Å². The fourth-order valence-electron chi connectivity index (χ4n) is 1.32. The van der Waals surface area contributed by atoms with Gasteiger partial charge in [-0.1, -0.05) is 13.0 Å². The van der Waals surface area contributed by atoms with Gasteiger partial charge in [0.15, 0.2) is 5.78 Å². The van der Waals surface area contributed by atoms with Crippen LogP contribution >= 0.6 is 0 Å². The van der Waals surface area contributed by atoms with Gasteiger partial charge in [0.25, 0.3) is 0 Å². The van der Waals surface area contributed by atoms with Gasteiger partial charge in [-0.25, -0.2) is 0 Å². The van der Waals surface area contributed by atoms with Gasteiger partial charge in [0, 0.05) is 12.6 Å². The molecule has 0 bridgehead atoms. The summed E-state index contributed by atoms with van der Waals surface area (Å²) in [5, 5.41) is 2.56. The number of Topliss-reactive ketones (excluding diaryl/α,β-unsaturated/α-hetero) is 1. The van der Waals surface area contributed by atoms with Crippen molar-refractivity contribution in [3.63, 3.8) is 0 Å². The molecule has 0 radical (unpaired) electrons. The highest BCUT2D eigenvalue weighted by Crippen LogP contribution is 2.34. The quantitative estimate of drug-likeness (QED) is 0.707. The van der Waals surface area contributed by atoms with E-state index in [1.54, 1.807) is 0 Å². The van der Waals surface area contributed by atoms with E-state index in [1.807, 2.05) is 0 Å². The van der Waals surface area contributed by atoms with Crippen LogP contribution in [0, 0.1) is 5.92 Å². The molecule has 14 heavy (non-hydrogen) atoms. The molecular formula is C9H10F3NO. The largest absolute Gasteiger partial charge is 0.413 e. The molecule has 1 N–H and O–H groups in total. The number of hydrogen-bond donors (Lipinski definition) is 1. The molecule has 5 heteroatoms. The summed E-state index contributed by atoms with van der Waals surface area (Å²) in [5.41, 5.74) is -0.577. The predicted octanol–water partition coefficient (Wildman–Crippen LogP) is 1.80. The molecule has 1 atom stereocenters. The van der Waals surface area contributed by atoms with E-state index in [9.17, 15) is 18.0 Å². The standard InChI is InChI=1S/C9H10F3NO/c1-5-6(9(10,11)12)3-4-7(13-2)8(5)14/h3-5,13H,1-2H3. The minimum Gasteiger partial charge on any atom is -0.385 e. The van der Waals surface area contributed by atoms with Crippen molar-refractivity contribution in [1.29, 1.82) is 0 Å². The molecule has 1 rings (SSSR count). The highest BCUT2D eigenvalue weighted by molar-refractivity contribution is 5.99. The predicted molar refractivity (Wildman–Crippen MR) is 45.5 cm³/mol. The molecule has 1 unspecified atom stereocenters. The van der Waals surface area contributed by atoms with Gasteiger partial charge < -0.3 is 5.32 Å². The molecule has 0 aliphatic heterocycles. The van der Waals surface area contributed by atoms with Crippen LogP contribution < -0.4 is 5.32 Å². The zero-order chi connectivity index (χ0) is 10.9. The third-order valence-corrected chi connectivity index (χ3v) is 2.15. The number of halogens is 3. The third kappa shape index (κ3) is 1.81. The third-order valence-electron chi connectivity index (χ3n) is 2.15. The van der Waals surface area contributed by atoms with Crippen LogP contribution in [-0.2, 0) is 4.79 Å². The molecule has 0 aromatic carbocycles. The van der Waals surface area contributed by atoms with Gasteiger partial charge in [0.2, 0.25) is 0 Å². The number of allylic oxidation sites excluding steroid dienone is 4. The Morgan fingerprint density at radius 2 is 1.93 bits per heavy atom. The van der Waals surface area contributed by atoms with E-state index < -0.39 is 23.5 Å². The summed E-state index contributed by atoms with van der Waals surface area (Å²) in [5.74, 6) is -1.65. The number of carbonyl (C=O) groups is 1. The molecule has 1 aliphatic rings. The van der Waals surface area contributed by atoms with Gasteiger partial charge in [-0.2, -0.15) is 13.2 Å². The fourth-order valence-corrected chi connectivity index (χ4v) is 1.32. The summed E-state index contributed by atoms with van der Waals surface area (Å²) in [6, 6.07) is 0. The number of hydrogen-bond acceptors (Lipinski definition) is 2. The Kier molecular flexibility index (Phi) is 2.69. The molecule has 0 saturated heterocycles. The molecule has 78 valence electrons. The first-order chi connectivity index (χ1) is 6.38. The van der Waals surface area contributed by atoms with Crippen LogP contribution in [0.1, 0.15) is 6.92 Å². The number of likely N-dealkylation sites (N-methyl/N-ethyl adjacent to an activating group) is 1. The highest BCUT2D eigenvalue weighted by Gasteiger charge is 2.41. The normalized spacial score (nSPS) is 22.9. The van der Waals surface area contributed by atoms with Crippen LogP contribution in [0.3, 0.4) is 0 Å². The Balaban J connectivity index is 3.07. The van der Waals surface area contributed by atoms with Crippen LogP contribution in [0.2, 0.25) is 0 Å². The maximum atomic E-state index is 12.3. The number of alkyl halides is 3. The summed E-state index contributed by atoms with van der Waals surface area (Å²) in [7, 11) is 1.50. The Bertz CT molecular complexity index is 315. The van der Waals surface area contributed by atoms with Crippen molar-refractivity contribution < 1.29 is 18.0 Å². The number of nitrogens with one attached hydrogen (secondary N) is 1. The molecule has 0 saturated carbocycles. The summed E-state index contributed by atoms with van der Waals surface area (Å²) < 4.78 is 37.0. The second-order valence-electron chi connectivity index (χ2n) is 3.04. The number of carbonyl (C=O) groups excluding carboxylic acids is 1. The average Bonchev–Trinajstić information content (AvgIpc) is 2.07. The van der Waals surface area contributed by atoms with Crippen LogP contribution in [0.4, 0.5) is 13.2 Å². The fraction of sp³-hybridized carbons (Fsp3) is 0.444. The topological polar surface area (TPSA) is 29.1 Å². The molecular weight excluding hydrogens is 195 g/mol. The van der Waals surface area contributed by atoms with Crippen molar-refractivity contribution in [3.8, 4) is 0 Å². The van der Waals surface area contributed by atoms with Gasteiger partial charge in [-0.15, -0.1) is 0 Å². The van der Waals surface area contributed by atoms with Crippen LogP contribution in [0.5, 0.6) is 0 Å². The van der Waals surface area contributed by atoms with Gasteiger partial charge >= 0.3 is 6.18 Å². The molecule has 0 amide bonds. The molecule has 0 spiro atoms. The lowest BCUT2D eigenvalue weighted by Crippen LogP contribution is -2.31. The Labute approximate surface area is 79.5 Å². The van der Waals surface area contributed by atoms with Crippen molar-refractivity contribution >= 4 is 5.78 Å². The highest BCUT2D eigenvalue weighted by atomic mass is 19.4. The first kappa shape index (κ1) is 10.8. The van der Waals surface area contributed by atoms with E-state index in [-0.39, 0.29) is 5.70 Å². The van der Waals surface area contributed by atoms with Crippen molar-refractivity contribution in [3.05, 3.63) is 23.4 Å². The van der Waals surface area contributed by atoms with Crippen LogP contribution in [0.25, 0.3) is 0 Å². The van der Waals surface area contributed by atoms with E-state index in [4.69, 9.17) is 0 Å².